The Balaban J connectivity index is 1.20. The van der Waals surface area contributed by atoms with Gasteiger partial charge in [0.25, 0.3) is 5.91 Å². The summed E-state index contributed by atoms with van der Waals surface area (Å²) in [5.41, 5.74) is 6.99. The summed E-state index contributed by atoms with van der Waals surface area (Å²) in [6.07, 6.45) is 1.63. The largest absolute Gasteiger partial charge is 0.493 e. The van der Waals surface area contributed by atoms with Gasteiger partial charge in [0.05, 0.1) is 19.1 Å². The molecule has 0 atom stereocenters. The van der Waals surface area contributed by atoms with E-state index in [1.165, 1.54) is 17.6 Å². The third-order valence-electron chi connectivity index (χ3n) is 7.29. The van der Waals surface area contributed by atoms with Gasteiger partial charge in [-0.15, -0.1) is 0 Å². The number of hydrogen-bond donors (Lipinski definition) is 2. The fraction of sp³-hybridized carbons (Fsp3) is 0.370. The number of primary amides is 1. The Kier molecular flexibility index (Phi) is 6.40. The number of likely N-dealkylation sites (tertiary alicyclic amines) is 2. The minimum atomic E-state index is -0.600. The topological polar surface area (TPSA) is 118 Å². The van der Waals surface area contributed by atoms with Gasteiger partial charge >= 0.3 is 0 Å². The second kappa shape index (κ2) is 9.66. The van der Waals surface area contributed by atoms with Crippen LogP contribution in [0.2, 0.25) is 0 Å². The molecule has 0 radical (unpaired) electrons. The van der Waals surface area contributed by atoms with Crippen molar-refractivity contribution >= 4 is 28.6 Å². The third kappa shape index (κ3) is 4.54. The third-order valence-corrected chi connectivity index (χ3v) is 7.29. The Morgan fingerprint density at radius 2 is 1.83 bits per heavy atom. The highest BCUT2D eigenvalue weighted by atomic mass is 16.5. The highest BCUT2D eigenvalue weighted by Crippen LogP contribution is 2.42. The second-order valence-corrected chi connectivity index (χ2v) is 9.56. The summed E-state index contributed by atoms with van der Waals surface area (Å²) < 4.78 is 11.3. The molecular formula is C27H30N4O5. The maximum atomic E-state index is 13.3. The van der Waals surface area contributed by atoms with E-state index in [1.807, 2.05) is 18.2 Å². The molecule has 3 amide bonds. The SMILES string of the molecule is COc1cc2[nH]c(C(N)=O)cc2cc1OCCN1C(=O)CC2(CCN(Cc3ccccc3)CC2)C1=O. The number of nitrogens with one attached hydrogen (secondary N) is 1. The number of hydrogen-bond acceptors (Lipinski definition) is 6. The Hall–Kier alpha value is -3.85. The van der Waals surface area contributed by atoms with E-state index in [4.69, 9.17) is 15.2 Å². The number of carbonyl (C=O) groups is 3. The molecule has 0 aliphatic carbocycles. The lowest BCUT2D eigenvalue weighted by molar-refractivity contribution is -0.143. The molecule has 3 N–H and O–H groups in total. The van der Waals surface area contributed by atoms with Gasteiger partial charge in [-0.2, -0.15) is 0 Å². The van der Waals surface area contributed by atoms with Gasteiger partial charge < -0.3 is 20.2 Å². The predicted octanol–water partition coefficient (Wildman–Crippen LogP) is 2.70. The van der Waals surface area contributed by atoms with E-state index < -0.39 is 11.3 Å². The van der Waals surface area contributed by atoms with Crippen LogP contribution in [0, 0.1) is 5.41 Å². The zero-order valence-electron chi connectivity index (χ0n) is 20.3. The van der Waals surface area contributed by atoms with Gasteiger partial charge in [-0.3, -0.25) is 24.2 Å². The van der Waals surface area contributed by atoms with Crippen molar-refractivity contribution < 1.29 is 23.9 Å². The number of methoxy groups -OCH3 is 1. The van der Waals surface area contributed by atoms with Crippen LogP contribution in [0.3, 0.4) is 0 Å². The quantitative estimate of drug-likeness (QED) is 0.469. The normalized spacial score (nSPS) is 17.8. The highest BCUT2D eigenvalue weighted by Gasteiger charge is 2.52. The van der Waals surface area contributed by atoms with E-state index in [1.54, 1.807) is 18.2 Å². The van der Waals surface area contributed by atoms with Gasteiger partial charge in [0, 0.05) is 29.9 Å². The van der Waals surface area contributed by atoms with Crippen LogP contribution in [0.15, 0.2) is 48.5 Å². The molecule has 2 aromatic carbocycles. The number of rotatable bonds is 8. The maximum absolute atomic E-state index is 13.3. The van der Waals surface area contributed by atoms with Crippen molar-refractivity contribution in [1.82, 2.24) is 14.8 Å². The molecule has 1 spiro atoms. The first kappa shape index (κ1) is 23.9. The van der Waals surface area contributed by atoms with Crippen LogP contribution in [0.1, 0.15) is 35.3 Å². The monoisotopic (exact) mass is 490 g/mol. The van der Waals surface area contributed by atoms with Crippen LogP contribution < -0.4 is 15.2 Å². The van der Waals surface area contributed by atoms with Gasteiger partial charge in [0.15, 0.2) is 11.5 Å². The van der Waals surface area contributed by atoms with Crippen molar-refractivity contribution in [3.05, 3.63) is 59.8 Å². The average molecular weight is 491 g/mol. The number of ether oxygens (including phenoxy) is 2. The molecule has 188 valence electrons. The van der Waals surface area contributed by atoms with Gasteiger partial charge in [-0.1, -0.05) is 30.3 Å². The van der Waals surface area contributed by atoms with Crippen molar-refractivity contribution in [3.8, 4) is 11.5 Å². The minimum Gasteiger partial charge on any atom is -0.493 e. The molecule has 9 heteroatoms. The zero-order chi connectivity index (χ0) is 25.3. The zero-order valence-corrected chi connectivity index (χ0v) is 20.3. The molecule has 2 fully saturated rings. The standard InChI is InChI=1S/C27H30N4O5/c1-35-22-15-20-19(13-21(29-20)25(28)33)14-23(22)36-12-11-31-24(32)16-27(26(31)34)7-9-30(10-8-27)17-18-5-3-2-4-6-18/h2-6,13-15,29H,7-12,16-17H2,1H3,(H2,28,33). The van der Waals surface area contributed by atoms with Crippen LogP contribution in [0.4, 0.5) is 0 Å². The molecule has 3 heterocycles. The van der Waals surface area contributed by atoms with Crippen LogP contribution >= 0.6 is 0 Å². The molecule has 2 aliphatic rings. The molecule has 1 aromatic heterocycles. The first-order valence-corrected chi connectivity index (χ1v) is 12.1. The molecule has 0 unspecified atom stereocenters. The number of benzene rings is 2. The number of fused-ring (bicyclic) bond motifs is 1. The lowest BCUT2D eigenvalue weighted by Crippen LogP contribution is -2.45. The van der Waals surface area contributed by atoms with Gasteiger partial charge in [-0.25, -0.2) is 0 Å². The van der Waals surface area contributed by atoms with E-state index in [2.05, 4.69) is 22.0 Å². The van der Waals surface area contributed by atoms with E-state index in [-0.39, 0.29) is 37.1 Å². The summed E-state index contributed by atoms with van der Waals surface area (Å²) >= 11 is 0. The fourth-order valence-corrected chi connectivity index (χ4v) is 5.25. The van der Waals surface area contributed by atoms with E-state index >= 15 is 0 Å². The summed E-state index contributed by atoms with van der Waals surface area (Å²) in [6, 6.07) is 15.4. The van der Waals surface area contributed by atoms with E-state index in [0.29, 0.717) is 29.9 Å². The van der Waals surface area contributed by atoms with Crippen molar-refractivity contribution in [2.75, 3.05) is 33.4 Å². The second-order valence-electron chi connectivity index (χ2n) is 9.56. The molecule has 0 saturated carbocycles. The molecular weight excluding hydrogens is 460 g/mol. The highest BCUT2D eigenvalue weighted by molar-refractivity contribution is 6.06. The van der Waals surface area contributed by atoms with Crippen LogP contribution in [0.25, 0.3) is 10.9 Å². The van der Waals surface area contributed by atoms with Crippen LogP contribution in [0.5, 0.6) is 11.5 Å². The van der Waals surface area contributed by atoms with Gasteiger partial charge in [0.2, 0.25) is 11.8 Å². The smallest absolute Gasteiger partial charge is 0.265 e. The first-order valence-electron chi connectivity index (χ1n) is 12.1. The summed E-state index contributed by atoms with van der Waals surface area (Å²) in [7, 11) is 1.52. The number of carbonyl (C=O) groups excluding carboxylic acids is 3. The predicted molar refractivity (Wildman–Crippen MR) is 134 cm³/mol. The number of aromatic nitrogens is 1. The first-order chi connectivity index (χ1) is 17.4. The van der Waals surface area contributed by atoms with E-state index in [0.717, 1.165) is 25.0 Å². The fourth-order valence-electron chi connectivity index (χ4n) is 5.25. The molecule has 2 aliphatic heterocycles. The molecule has 9 nitrogen and oxygen atoms in total. The van der Waals surface area contributed by atoms with Crippen molar-refractivity contribution in [2.45, 2.75) is 25.8 Å². The molecule has 2 saturated heterocycles. The summed E-state index contributed by atoms with van der Waals surface area (Å²) in [4.78, 5) is 44.2. The number of H-pyrrole nitrogens is 1. The Labute approximate surface area is 209 Å². The van der Waals surface area contributed by atoms with Crippen molar-refractivity contribution in [1.29, 1.82) is 0 Å². The van der Waals surface area contributed by atoms with Gasteiger partial charge in [0.1, 0.15) is 12.3 Å². The number of amides is 3. The van der Waals surface area contributed by atoms with E-state index in [9.17, 15) is 14.4 Å². The average Bonchev–Trinajstić information content (AvgIpc) is 3.40. The van der Waals surface area contributed by atoms with Crippen LogP contribution in [-0.2, 0) is 16.1 Å². The summed E-state index contributed by atoms with van der Waals surface area (Å²) in [5, 5.41) is 0.745. The summed E-state index contributed by atoms with van der Waals surface area (Å²) in [5.74, 6) is 0.150. The molecule has 36 heavy (non-hydrogen) atoms. The lowest BCUT2D eigenvalue weighted by Gasteiger charge is -2.37. The molecule has 0 bridgehead atoms. The van der Waals surface area contributed by atoms with Crippen LogP contribution in [-0.4, -0.2) is 65.9 Å². The van der Waals surface area contributed by atoms with Crippen molar-refractivity contribution in [3.63, 3.8) is 0 Å². The minimum absolute atomic E-state index is 0.0883. The number of imide groups is 1. The number of aromatic amines is 1. The van der Waals surface area contributed by atoms with Crippen molar-refractivity contribution in [2.24, 2.45) is 11.1 Å². The van der Waals surface area contributed by atoms with Gasteiger partial charge in [-0.05, 0) is 43.6 Å². The number of piperidine rings is 1. The number of nitrogens with zero attached hydrogens (tertiary/aromatic N) is 2. The Bertz CT molecular complexity index is 1290. The lowest BCUT2D eigenvalue weighted by atomic mass is 9.77. The maximum Gasteiger partial charge on any atom is 0.265 e. The molecule has 3 aromatic rings. The Morgan fingerprint density at radius 1 is 1.08 bits per heavy atom. The number of nitrogens with two attached hydrogens (primary N) is 1. The Morgan fingerprint density at radius 3 is 2.53 bits per heavy atom. The molecule has 5 rings (SSSR count). The summed E-state index contributed by atoms with van der Waals surface area (Å²) in [6.45, 7) is 2.75.